The molecule has 1 aromatic heterocycles. The van der Waals surface area contributed by atoms with Gasteiger partial charge < -0.3 is 9.84 Å². The second kappa shape index (κ2) is 3.75. The Labute approximate surface area is 80.3 Å². The van der Waals surface area contributed by atoms with Gasteiger partial charge in [0.1, 0.15) is 11.8 Å². The van der Waals surface area contributed by atoms with Gasteiger partial charge in [-0.3, -0.25) is 0 Å². The minimum absolute atomic E-state index is 0.0306. The number of carboxylic acid groups (broad SMARTS) is 1. The SMILES string of the molecule is O=C(O)c1n[nH]nc1C1CCCCO1. The molecule has 1 saturated heterocycles. The van der Waals surface area contributed by atoms with E-state index in [-0.39, 0.29) is 11.8 Å². The number of aromatic amines is 1. The van der Waals surface area contributed by atoms with Gasteiger partial charge in [0.15, 0.2) is 5.69 Å². The average Bonchev–Trinajstić information content (AvgIpc) is 2.67. The lowest BCUT2D eigenvalue weighted by atomic mass is 10.1. The third kappa shape index (κ3) is 1.60. The standard InChI is InChI=1S/C8H11N3O3/c12-8(13)7-6(9-11-10-7)5-3-1-2-4-14-5/h5H,1-4H2,(H,12,13)(H,9,10,11). The van der Waals surface area contributed by atoms with Crippen molar-refractivity contribution in [3.8, 4) is 0 Å². The van der Waals surface area contributed by atoms with E-state index in [4.69, 9.17) is 9.84 Å². The number of hydrogen-bond donors (Lipinski definition) is 2. The fourth-order valence-corrected chi connectivity index (χ4v) is 1.58. The van der Waals surface area contributed by atoms with E-state index < -0.39 is 5.97 Å². The van der Waals surface area contributed by atoms with E-state index in [0.29, 0.717) is 12.3 Å². The van der Waals surface area contributed by atoms with Crippen molar-refractivity contribution in [2.45, 2.75) is 25.4 Å². The van der Waals surface area contributed by atoms with Crippen LogP contribution < -0.4 is 0 Å². The Morgan fingerprint density at radius 2 is 2.36 bits per heavy atom. The van der Waals surface area contributed by atoms with Crippen LogP contribution in [0.15, 0.2) is 0 Å². The summed E-state index contributed by atoms with van der Waals surface area (Å²) in [5, 5.41) is 18.5. The molecule has 1 fully saturated rings. The van der Waals surface area contributed by atoms with Gasteiger partial charge in [-0.2, -0.15) is 10.3 Å². The highest BCUT2D eigenvalue weighted by molar-refractivity contribution is 5.86. The van der Waals surface area contributed by atoms with Gasteiger partial charge in [-0.05, 0) is 19.3 Å². The summed E-state index contributed by atoms with van der Waals surface area (Å²) in [7, 11) is 0. The van der Waals surface area contributed by atoms with Gasteiger partial charge in [0.25, 0.3) is 0 Å². The molecule has 0 bridgehead atoms. The highest BCUT2D eigenvalue weighted by Gasteiger charge is 2.25. The van der Waals surface area contributed by atoms with Gasteiger partial charge in [-0.1, -0.05) is 0 Å². The van der Waals surface area contributed by atoms with Crippen LogP contribution >= 0.6 is 0 Å². The van der Waals surface area contributed by atoms with Crippen LogP contribution in [0.5, 0.6) is 0 Å². The molecule has 2 heterocycles. The summed E-state index contributed by atoms with van der Waals surface area (Å²) < 4.78 is 5.43. The van der Waals surface area contributed by atoms with Crippen molar-refractivity contribution in [2.24, 2.45) is 0 Å². The first-order chi connectivity index (χ1) is 6.79. The first-order valence-corrected chi connectivity index (χ1v) is 4.54. The van der Waals surface area contributed by atoms with Crippen molar-refractivity contribution in [2.75, 3.05) is 6.61 Å². The molecular weight excluding hydrogens is 186 g/mol. The van der Waals surface area contributed by atoms with E-state index in [0.717, 1.165) is 19.3 Å². The van der Waals surface area contributed by atoms with E-state index in [2.05, 4.69) is 15.4 Å². The fraction of sp³-hybridized carbons (Fsp3) is 0.625. The number of hydrogen-bond acceptors (Lipinski definition) is 4. The molecule has 0 saturated carbocycles. The van der Waals surface area contributed by atoms with Crippen LogP contribution in [0.1, 0.15) is 41.5 Å². The van der Waals surface area contributed by atoms with Crippen molar-refractivity contribution in [1.29, 1.82) is 0 Å². The second-order valence-corrected chi connectivity index (χ2v) is 3.22. The van der Waals surface area contributed by atoms with Crippen molar-refractivity contribution in [3.05, 3.63) is 11.4 Å². The van der Waals surface area contributed by atoms with Crippen LogP contribution in [0, 0.1) is 0 Å². The lowest BCUT2D eigenvalue weighted by Gasteiger charge is -2.20. The number of carbonyl (C=O) groups is 1. The summed E-state index contributed by atoms with van der Waals surface area (Å²) in [6, 6.07) is 0. The predicted octanol–water partition coefficient (Wildman–Crippen LogP) is 0.744. The number of nitrogens with zero attached hydrogens (tertiary/aromatic N) is 2. The van der Waals surface area contributed by atoms with Crippen molar-refractivity contribution in [3.63, 3.8) is 0 Å². The number of carboxylic acids is 1. The van der Waals surface area contributed by atoms with E-state index in [1.807, 2.05) is 0 Å². The Morgan fingerprint density at radius 3 is 3.00 bits per heavy atom. The number of nitrogens with one attached hydrogen (secondary N) is 1. The fourth-order valence-electron chi connectivity index (χ4n) is 1.58. The Balaban J connectivity index is 2.21. The average molecular weight is 197 g/mol. The molecular formula is C8H11N3O3. The minimum atomic E-state index is -1.07. The summed E-state index contributed by atoms with van der Waals surface area (Å²) >= 11 is 0. The third-order valence-corrected chi connectivity index (χ3v) is 2.26. The molecule has 6 heteroatoms. The molecule has 1 aliphatic rings. The van der Waals surface area contributed by atoms with Gasteiger partial charge in [0, 0.05) is 6.61 Å². The third-order valence-electron chi connectivity index (χ3n) is 2.26. The Bertz CT molecular complexity index is 330. The molecule has 2 N–H and O–H groups in total. The normalized spacial score (nSPS) is 22.1. The maximum atomic E-state index is 10.7. The molecule has 1 atom stereocenters. The molecule has 14 heavy (non-hydrogen) atoms. The van der Waals surface area contributed by atoms with E-state index in [1.54, 1.807) is 0 Å². The first-order valence-electron chi connectivity index (χ1n) is 4.54. The lowest BCUT2D eigenvalue weighted by molar-refractivity contribution is 0.0112. The van der Waals surface area contributed by atoms with Crippen LogP contribution in [-0.4, -0.2) is 33.1 Å². The molecule has 76 valence electrons. The van der Waals surface area contributed by atoms with Gasteiger partial charge in [-0.15, -0.1) is 5.10 Å². The lowest BCUT2D eigenvalue weighted by Crippen LogP contribution is -2.15. The van der Waals surface area contributed by atoms with Crippen LogP contribution in [0.25, 0.3) is 0 Å². The minimum Gasteiger partial charge on any atom is -0.476 e. The topological polar surface area (TPSA) is 88.1 Å². The molecule has 6 nitrogen and oxygen atoms in total. The quantitative estimate of drug-likeness (QED) is 0.730. The molecule has 1 aromatic rings. The molecule has 0 aliphatic carbocycles. The zero-order chi connectivity index (χ0) is 9.97. The maximum Gasteiger partial charge on any atom is 0.358 e. The molecule has 0 radical (unpaired) electrons. The van der Waals surface area contributed by atoms with Gasteiger partial charge in [-0.25, -0.2) is 4.79 Å². The zero-order valence-corrected chi connectivity index (χ0v) is 7.56. The summed E-state index contributed by atoms with van der Waals surface area (Å²) in [6.07, 6.45) is 2.66. The number of H-pyrrole nitrogens is 1. The molecule has 2 rings (SSSR count). The monoisotopic (exact) mass is 197 g/mol. The van der Waals surface area contributed by atoms with E-state index in [9.17, 15) is 4.79 Å². The van der Waals surface area contributed by atoms with Crippen molar-refractivity contribution in [1.82, 2.24) is 15.4 Å². The largest absolute Gasteiger partial charge is 0.476 e. The Hall–Kier alpha value is -1.43. The Morgan fingerprint density at radius 1 is 1.50 bits per heavy atom. The first kappa shape index (κ1) is 9.14. The van der Waals surface area contributed by atoms with Crippen LogP contribution in [0.2, 0.25) is 0 Å². The van der Waals surface area contributed by atoms with Crippen LogP contribution in [-0.2, 0) is 4.74 Å². The zero-order valence-electron chi connectivity index (χ0n) is 7.56. The summed E-state index contributed by atoms with van der Waals surface area (Å²) in [4.78, 5) is 10.7. The molecule has 1 unspecified atom stereocenters. The van der Waals surface area contributed by atoms with Crippen molar-refractivity contribution >= 4 is 5.97 Å². The number of aromatic carboxylic acids is 1. The van der Waals surface area contributed by atoms with Gasteiger partial charge in [0.05, 0.1) is 0 Å². The van der Waals surface area contributed by atoms with Gasteiger partial charge in [0.2, 0.25) is 0 Å². The molecule has 1 aliphatic heterocycles. The van der Waals surface area contributed by atoms with E-state index in [1.165, 1.54) is 0 Å². The summed E-state index contributed by atoms with van der Waals surface area (Å²) in [5.41, 5.74) is 0.383. The smallest absolute Gasteiger partial charge is 0.358 e. The number of rotatable bonds is 2. The van der Waals surface area contributed by atoms with E-state index >= 15 is 0 Å². The second-order valence-electron chi connectivity index (χ2n) is 3.22. The van der Waals surface area contributed by atoms with Crippen molar-refractivity contribution < 1.29 is 14.6 Å². The predicted molar refractivity (Wildman–Crippen MR) is 45.9 cm³/mol. The molecule has 0 amide bonds. The highest BCUT2D eigenvalue weighted by Crippen LogP contribution is 2.27. The maximum absolute atomic E-state index is 10.7. The number of ether oxygens (including phenoxy) is 1. The number of aromatic nitrogens is 3. The summed E-state index contributed by atoms with van der Waals surface area (Å²) in [5.74, 6) is -1.07. The Kier molecular flexibility index (Phi) is 2.45. The summed E-state index contributed by atoms with van der Waals surface area (Å²) in [6.45, 7) is 0.663. The molecule has 0 aromatic carbocycles. The highest BCUT2D eigenvalue weighted by atomic mass is 16.5. The van der Waals surface area contributed by atoms with Crippen LogP contribution in [0.3, 0.4) is 0 Å². The van der Waals surface area contributed by atoms with Gasteiger partial charge >= 0.3 is 5.97 Å². The van der Waals surface area contributed by atoms with Crippen LogP contribution in [0.4, 0.5) is 0 Å². The molecule has 0 spiro atoms.